The first-order chi connectivity index (χ1) is 11.7. The lowest BCUT2D eigenvalue weighted by atomic mass is 9.89. The Kier molecular flexibility index (Phi) is 12.6. The van der Waals surface area contributed by atoms with E-state index in [1.807, 2.05) is 0 Å². The van der Waals surface area contributed by atoms with Crippen molar-refractivity contribution in [3.05, 3.63) is 0 Å². The van der Waals surface area contributed by atoms with Crippen LogP contribution in [0.15, 0.2) is 0 Å². The van der Waals surface area contributed by atoms with E-state index in [4.69, 9.17) is 5.73 Å². The maximum absolute atomic E-state index is 12.3. The molecule has 0 aliphatic rings. The standard InChI is InChI=1S/C20H41N3O2/c1-16(2)15-22-19(25)17(11-8-10-14-21)23-18(24)12-7-6-9-13-20(3,4)5/h16-17H,6-15,21H2,1-5H3,(H,22,25)(H,23,24)/t17-/m0/s1. The van der Waals surface area contributed by atoms with Crippen molar-refractivity contribution in [3.63, 3.8) is 0 Å². The first kappa shape index (κ1) is 23.9. The molecule has 0 saturated heterocycles. The zero-order chi connectivity index (χ0) is 19.3. The molecule has 0 aromatic rings. The molecule has 0 radical (unpaired) electrons. The maximum atomic E-state index is 12.3. The van der Waals surface area contributed by atoms with Crippen molar-refractivity contribution in [2.75, 3.05) is 13.1 Å². The molecule has 4 N–H and O–H groups in total. The molecule has 0 fully saturated rings. The van der Waals surface area contributed by atoms with Crippen LogP contribution >= 0.6 is 0 Å². The first-order valence-electron chi connectivity index (χ1n) is 9.93. The highest BCUT2D eigenvalue weighted by Gasteiger charge is 2.20. The van der Waals surface area contributed by atoms with E-state index in [9.17, 15) is 9.59 Å². The maximum Gasteiger partial charge on any atom is 0.242 e. The van der Waals surface area contributed by atoms with E-state index in [1.165, 1.54) is 6.42 Å². The molecule has 0 rings (SSSR count). The van der Waals surface area contributed by atoms with Crippen LogP contribution < -0.4 is 16.4 Å². The summed E-state index contributed by atoms with van der Waals surface area (Å²) in [6, 6.07) is -0.438. The first-order valence-corrected chi connectivity index (χ1v) is 9.93. The Hall–Kier alpha value is -1.10. The number of hydrogen-bond donors (Lipinski definition) is 3. The number of unbranched alkanes of at least 4 members (excludes halogenated alkanes) is 3. The van der Waals surface area contributed by atoms with Crippen LogP contribution in [0.2, 0.25) is 0 Å². The number of carbonyl (C=O) groups excluding carboxylic acids is 2. The topological polar surface area (TPSA) is 84.2 Å². The molecule has 0 aromatic heterocycles. The van der Waals surface area contributed by atoms with Crippen LogP contribution in [0.5, 0.6) is 0 Å². The van der Waals surface area contributed by atoms with Gasteiger partial charge in [0, 0.05) is 13.0 Å². The van der Waals surface area contributed by atoms with E-state index in [1.54, 1.807) is 0 Å². The number of hydrogen-bond acceptors (Lipinski definition) is 3. The Morgan fingerprint density at radius 3 is 2.24 bits per heavy atom. The fraction of sp³-hybridized carbons (Fsp3) is 0.900. The summed E-state index contributed by atoms with van der Waals surface area (Å²) in [6.07, 6.45) is 7.12. The number of amides is 2. The quantitative estimate of drug-likeness (QED) is 0.443. The highest BCUT2D eigenvalue weighted by molar-refractivity contribution is 5.87. The van der Waals surface area contributed by atoms with Crippen molar-refractivity contribution in [2.45, 2.75) is 92.0 Å². The third-order valence-electron chi connectivity index (χ3n) is 4.11. The summed E-state index contributed by atoms with van der Waals surface area (Å²) >= 11 is 0. The van der Waals surface area contributed by atoms with Gasteiger partial charge in [0.15, 0.2) is 0 Å². The molecule has 2 amide bonds. The van der Waals surface area contributed by atoms with Gasteiger partial charge in [0.2, 0.25) is 11.8 Å². The molecule has 0 spiro atoms. The number of rotatable bonds is 13. The van der Waals surface area contributed by atoms with Crippen LogP contribution in [0.4, 0.5) is 0 Å². The third-order valence-corrected chi connectivity index (χ3v) is 4.11. The summed E-state index contributed by atoms with van der Waals surface area (Å²) in [5.41, 5.74) is 5.88. The van der Waals surface area contributed by atoms with Gasteiger partial charge < -0.3 is 16.4 Å². The molecular weight excluding hydrogens is 314 g/mol. The second-order valence-corrected chi connectivity index (χ2v) is 8.66. The SMILES string of the molecule is CC(C)CNC(=O)[C@H](CCCCN)NC(=O)CCCCCC(C)(C)C. The molecule has 5 heteroatoms. The summed E-state index contributed by atoms with van der Waals surface area (Å²) in [5, 5.41) is 5.84. The second kappa shape index (κ2) is 13.2. The Balaban J connectivity index is 4.23. The lowest BCUT2D eigenvalue weighted by molar-refractivity contribution is -0.129. The van der Waals surface area contributed by atoms with Gasteiger partial charge in [-0.3, -0.25) is 9.59 Å². The van der Waals surface area contributed by atoms with Crippen molar-refractivity contribution < 1.29 is 9.59 Å². The lowest BCUT2D eigenvalue weighted by Crippen LogP contribution is -2.47. The van der Waals surface area contributed by atoms with Crippen LogP contribution in [-0.2, 0) is 9.59 Å². The van der Waals surface area contributed by atoms with E-state index in [2.05, 4.69) is 45.3 Å². The molecule has 0 aromatic carbocycles. The molecule has 148 valence electrons. The molecule has 25 heavy (non-hydrogen) atoms. The van der Waals surface area contributed by atoms with Crippen LogP contribution in [0.25, 0.3) is 0 Å². The van der Waals surface area contributed by atoms with E-state index >= 15 is 0 Å². The van der Waals surface area contributed by atoms with Gasteiger partial charge in [-0.1, -0.05) is 47.5 Å². The van der Waals surface area contributed by atoms with Gasteiger partial charge in [-0.2, -0.15) is 0 Å². The van der Waals surface area contributed by atoms with Gasteiger partial charge >= 0.3 is 0 Å². The fourth-order valence-corrected chi connectivity index (χ4v) is 2.57. The minimum atomic E-state index is -0.438. The summed E-state index contributed by atoms with van der Waals surface area (Å²) in [4.78, 5) is 24.5. The van der Waals surface area contributed by atoms with Crippen LogP contribution in [0, 0.1) is 11.3 Å². The Morgan fingerprint density at radius 2 is 1.68 bits per heavy atom. The monoisotopic (exact) mass is 355 g/mol. The van der Waals surface area contributed by atoms with Gasteiger partial charge in [0.25, 0.3) is 0 Å². The van der Waals surface area contributed by atoms with Crippen molar-refractivity contribution in [1.29, 1.82) is 0 Å². The molecule has 0 saturated carbocycles. The third kappa shape index (κ3) is 14.9. The van der Waals surface area contributed by atoms with Gasteiger partial charge in [-0.15, -0.1) is 0 Å². The van der Waals surface area contributed by atoms with Gasteiger partial charge in [0.1, 0.15) is 6.04 Å². The van der Waals surface area contributed by atoms with Crippen molar-refractivity contribution in [3.8, 4) is 0 Å². The Bertz CT molecular complexity index is 376. The normalized spacial score (nSPS) is 12.9. The molecular formula is C20H41N3O2. The minimum absolute atomic E-state index is 0.0202. The molecule has 1 atom stereocenters. The number of nitrogens with one attached hydrogen (secondary N) is 2. The van der Waals surface area contributed by atoms with Crippen LogP contribution in [-0.4, -0.2) is 30.9 Å². The zero-order valence-corrected chi connectivity index (χ0v) is 17.1. The van der Waals surface area contributed by atoms with Crippen LogP contribution in [0.3, 0.4) is 0 Å². The number of nitrogens with two attached hydrogens (primary N) is 1. The molecule has 0 unspecified atom stereocenters. The van der Waals surface area contributed by atoms with E-state index in [0.29, 0.717) is 37.3 Å². The minimum Gasteiger partial charge on any atom is -0.354 e. The van der Waals surface area contributed by atoms with Crippen molar-refractivity contribution in [2.24, 2.45) is 17.1 Å². The van der Waals surface area contributed by atoms with Crippen molar-refractivity contribution >= 4 is 11.8 Å². The highest BCUT2D eigenvalue weighted by Crippen LogP contribution is 2.22. The summed E-state index contributed by atoms with van der Waals surface area (Å²) < 4.78 is 0. The largest absolute Gasteiger partial charge is 0.354 e. The molecule has 5 nitrogen and oxygen atoms in total. The average Bonchev–Trinajstić information content (AvgIpc) is 2.50. The van der Waals surface area contributed by atoms with Gasteiger partial charge in [-0.05, 0) is 50.0 Å². The average molecular weight is 356 g/mol. The van der Waals surface area contributed by atoms with Gasteiger partial charge in [0.05, 0.1) is 0 Å². The number of carbonyl (C=O) groups is 2. The highest BCUT2D eigenvalue weighted by atomic mass is 16.2. The summed E-state index contributed by atoms with van der Waals surface area (Å²) in [6.45, 7) is 12.1. The fourth-order valence-electron chi connectivity index (χ4n) is 2.57. The zero-order valence-electron chi connectivity index (χ0n) is 17.1. The molecule has 0 bridgehead atoms. The lowest BCUT2D eigenvalue weighted by Gasteiger charge is -2.19. The summed E-state index contributed by atoms with van der Waals surface area (Å²) in [5.74, 6) is 0.298. The predicted molar refractivity (Wildman–Crippen MR) is 105 cm³/mol. The Labute approximate surface area is 154 Å². The predicted octanol–water partition coefficient (Wildman–Crippen LogP) is 3.37. The van der Waals surface area contributed by atoms with Crippen LogP contribution in [0.1, 0.15) is 86.0 Å². The Morgan fingerprint density at radius 1 is 1.00 bits per heavy atom. The molecule has 0 aliphatic carbocycles. The smallest absolute Gasteiger partial charge is 0.242 e. The van der Waals surface area contributed by atoms with Crippen molar-refractivity contribution in [1.82, 2.24) is 10.6 Å². The second-order valence-electron chi connectivity index (χ2n) is 8.66. The van der Waals surface area contributed by atoms with E-state index in [-0.39, 0.29) is 11.8 Å². The molecule has 0 heterocycles. The molecule has 0 aliphatic heterocycles. The van der Waals surface area contributed by atoms with E-state index < -0.39 is 6.04 Å². The summed E-state index contributed by atoms with van der Waals surface area (Å²) in [7, 11) is 0. The van der Waals surface area contributed by atoms with Gasteiger partial charge in [-0.25, -0.2) is 0 Å². The van der Waals surface area contributed by atoms with E-state index in [0.717, 1.165) is 32.1 Å².